The number of rotatable bonds is 3. The van der Waals surface area contributed by atoms with Crippen molar-refractivity contribution in [1.82, 2.24) is 14.8 Å². The number of para-hydroxylation sites is 1. The third-order valence-corrected chi connectivity index (χ3v) is 3.96. The van der Waals surface area contributed by atoms with Crippen molar-refractivity contribution >= 4 is 5.69 Å². The molecule has 1 aliphatic carbocycles. The molecule has 1 atom stereocenters. The number of aromatic nitrogens is 3. The zero-order valence-electron chi connectivity index (χ0n) is 10.2. The van der Waals surface area contributed by atoms with E-state index in [0.29, 0.717) is 12.0 Å². The highest BCUT2D eigenvalue weighted by Crippen LogP contribution is 2.37. The summed E-state index contributed by atoms with van der Waals surface area (Å²) in [6.45, 7) is 1.01. The van der Waals surface area contributed by atoms with Crippen molar-refractivity contribution < 1.29 is 0 Å². The van der Waals surface area contributed by atoms with Crippen LogP contribution in [0.1, 0.15) is 36.2 Å². The second-order valence-corrected chi connectivity index (χ2v) is 5.25. The van der Waals surface area contributed by atoms with Gasteiger partial charge < -0.3 is 9.88 Å². The second-order valence-electron chi connectivity index (χ2n) is 5.25. The number of hydrogen-bond acceptors (Lipinski definition) is 3. The molecule has 92 valence electrons. The van der Waals surface area contributed by atoms with Crippen molar-refractivity contribution in [1.29, 1.82) is 0 Å². The SMILES string of the molecule is c1ccc2c(c1)NCC2Cc1nncn1C1CC1. The van der Waals surface area contributed by atoms with Crippen LogP contribution in [0.2, 0.25) is 0 Å². The average Bonchev–Trinajstić information content (AvgIpc) is 3.01. The first-order chi connectivity index (χ1) is 8.92. The fraction of sp³-hybridized carbons (Fsp3) is 0.429. The Morgan fingerprint density at radius 3 is 3.06 bits per heavy atom. The number of anilines is 1. The van der Waals surface area contributed by atoms with E-state index < -0.39 is 0 Å². The van der Waals surface area contributed by atoms with Gasteiger partial charge in [0, 0.05) is 30.6 Å². The highest BCUT2D eigenvalue weighted by Gasteiger charge is 2.29. The van der Waals surface area contributed by atoms with Gasteiger partial charge in [0.25, 0.3) is 0 Å². The molecule has 2 heterocycles. The van der Waals surface area contributed by atoms with Crippen molar-refractivity contribution in [3.63, 3.8) is 0 Å². The Balaban J connectivity index is 1.60. The molecule has 0 saturated heterocycles. The topological polar surface area (TPSA) is 42.7 Å². The van der Waals surface area contributed by atoms with Crippen LogP contribution in [0, 0.1) is 0 Å². The molecule has 1 fully saturated rings. The largest absolute Gasteiger partial charge is 0.384 e. The van der Waals surface area contributed by atoms with E-state index in [0.717, 1.165) is 18.8 Å². The lowest BCUT2D eigenvalue weighted by atomic mass is 9.97. The highest BCUT2D eigenvalue weighted by atomic mass is 15.3. The lowest BCUT2D eigenvalue weighted by molar-refractivity contribution is 0.631. The second kappa shape index (κ2) is 3.83. The molecule has 2 aromatic rings. The number of nitrogens with zero attached hydrogens (tertiary/aromatic N) is 3. The maximum atomic E-state index is 4.30. The first-order valence-electron chi connectivity index (χ1n) is 6.63. The number of benzene rings is 1. The number of fused-ring (bicyclic) bond motifs is 1. The number of nitrogens with one attached hydrogen (secondary N) is 1. The van der Waals surface area contributed by atoms with Gasteiger partial charge in [-0.15, -0.1) is 10.2 Å². The zero-order chi connectivity index (χ0) is 11.9. The third-order valence-electron chi connectivity index (χ3n) is 3.96. The van der Waals surface area contributed by atoms with Crippen LogP contribution in [-0.4, -0.2) is 21.3 Å². The predicted octanol–water partition coefficient (Wildman–Crippen LogP) is 2.36. The van der Waals surface area contributed by atoms with Gasteiger partial charge >= 0.3 is 0 Å². The molecule has 4 nitrogen and oxygen atoms in total. The molecule has 4 heteroatoms. The minimum atomic E-state index is 0.530. The average molecular weight is 240 g/mol. The first-order valence-corrected chi connectivity index (χ1v) is 6.63. The van der Waals surface area contributed by atoms with Crippen molar-refractivity contribution in [3.05, 3.63) is 42.0 Å². The first kappa shape index (κ1) is 10.1. The molecule has 18 heavy (non-hydrogen) atoms. The summed E-state index contributed by atoms with van der Waals surface area (Å²) in [6.07, 6.45) is 5.44. The van der Waals surface area contributed by atoms with Gasteiger partial charge in [0.15, 0.2) is 0 Å². The van der Waals surface area contributed by atoms with E-state index in [1.165, 1.54) is 24.1 Å². The Labute approximate surface area is 106 Å². The highest BCUT2D eigenvalue weighted by molar-refractivity contribution is 5.57. The Hall–Kier alpha value is -1.84. The van der Waals surface area contributed by atoms with Crippen LogP contribution >= 0.6 is 0 Å². The number of hydrogen-bond donors (Lipinski definition) is 1. The van der Waals surface area contributed by atoms with Crippen LogP contribution in [-0.2, 0) is 6.42 Å². The van der Waals surface area contributed by atoms with E-state index in [2.05, 4.69) is 44.3 Å². The molecule has 2 aliphatic rings. The van der Waals surface area contributed by atoms with E-state index in [4.69, 9.17) is 0 Å². The smallest absolute Gasteiger partial charge is 0.133 e. The molecule has 1 aromatic carbocycles. The van der Waals surface area contributed by atoms with Gasteiger partial charge in [0.2, 0.25) is 0 Å². The van der Waals surface area contributed by atoms with Gasteiger partial charge in [-0.25, -0.2) is 0 Å². The van der Waals surface area contributed by atoms with Crippen LogP contribution in [0.5, 0.6) is 0 Å². The van der Waals surface area contributed by atoms with Crippen LogP contribution < -0.4 is 5.32 Å². The molecule has 1 aliphatic heterocycles. The summed E-state index contributed by atoms with van der Waals surface area (Å²) < 4.78 is 2.26. The predicted molar refractivity (Wildman–Crippen MR) is 69.7 cm³/mol. The molecule has 0 spiro atoms. The summed E-state index contributed by atoms with van der Waals surface area (Å²) >= 11 is 0. The Morgan fingerprint density at radius 2 is 2.17 bits per heavy atom. The summed E-state index contributed by atoms with van der Waals surface area (Å²) in [5.41, 5.74) is 2.70. The maximum absolute atomic E-state index is 4.30. The lowest BCUT2D eigenvalue weighted by Gasteiger charge is -2.10. The van der Waals surface area contributed by atoms with Gasteiger partial charge in [-0.2, -0.15) is 0 Å². The van der Waals surface area contributed by atoms with E-state index in [-0.39, 0.29) is 0 Å². The van der Waals surface area contributed by atoms with Gasteiger partial charge in [-0.1, -0.05) is 18.2 Å². The van der Waals surface area contributed by atoms with Crippen molar-refractivity contribution in [2.75, 3.05) is 11.9 Å². The van der Waals surface area contributed by atoms with Gasteiger partial charge in [-0.3, -0.25) is 0 Å². The van der Waals surface area contributed by atoms with Crippen molar-refractivity contribution in [2.45, 2.75) is 31.2 Å². The Morgan fingerprint density at radius 1 is 1.28 bits per heavy atom. The quantitative estimate of drug-likeness (QED) is 0.895. The monoisotopic (exact) mass is 240 g/mol. The Kier molecular flexibility index (Phi) is 2.15. The standard InChI is InChI=1S/C14H16N4/c1-2-4-13-12(3-1)10(8-15-13)7-14-17-16-9-18(14)11-5-6-11/h1-4,9-11,15H,5-8H2. The summed E-state index contributed by atoms with van der Waals surface area (Å²) in [5.74, 6) is 1.67. The lowest BCUT2D eigenvalue weighted by Crippen LogP contribution is -2.10. The molecule has 0 amide bonds. The summed E-state index contributed by atoms with van der Waals surface area (Å²) in [7, 11) is 0. The molecule has 0 bridgehead atoms. The van der Waals surface area contributed by atoms with Crippen LogP contribution in [0.4, 0.5) is 5.69 Å². The molecule has 1 unspecified atom stereocenters. The van der Waals surface area contributed by atoms with E-state index in [1.54, 1.807) is 0 Å². The van der Waals surface area contributed by atoms with E-state index in [9.17, 15) is 0 Å². The fourth-order valence-corrected chi connectivity index (χ4v) is 2.83. The third kappa shape index (κ3) is 1.60. The molecule has 1 N–H and O–H groups in total. The van der Waals surface area contributed by atoms with Gasteiger partial charge in [0.1, 0.15) is 12.2 Å². The van der Waals surface area contributed by atoms with Gasteiger partial charge in [-0.05, 0) is 24.5 Å². The normalized spacial score (nSPS) is 21.7. The van der Waals surface area contributed by atoms with E-state index in [1.807, 2.05) is 6.33 Å². The minimum Gasteiger partial charge on any atom is -0.384 e. The van der Waals surface area contributed by atoms with Gasteiger partial charge in [0.05, 0.1) is 0 Å². The van der Waals surface area contributed by atoms with E-state index >= 15 is 0 Å². The summed E-state index contributed by atoms with van der Waals surface area (Å²) in [4.78, 5) is 0. The van der Waals surface area contributed by atoms with Crippen LogP contribution in [0.15, 0.2) is 30.6 Å². The Bertz CT molecular complexity index is 571. The maximum Gasteiger partial charge on any atom is 0.133 e. The molecular weight excluding hydrogens is 224 g/mol. The summed E-state index contributed by atoms with van der Waals surface area (Å²) in [5, 5.41) is 11.8. The molecule has 4 rings (SSSR count). The molecule has 0 radical (unpaired) electrons. The molecule has 1 saturated carbocycles. The molecule has 1 aromatic heterocycles. The van der Waals surface area contributed by atoms with Crippen LogP contribution in [0.25, 0.3) is 0 Å². The summed E-state index contributed by atoms with van der Waals surface area (Å²) in [6, 6.07) is 9.24. The van der Waals surface area contributed by atoms with Crippen molar-refractivity contribution in [3.8, 4) is 0 Å². The molecular formula is C14H16N4. The van der Waals surface area contributed by atoms with Crippen LogP contribution in [0.3, 0.4) is 0 Å². The minimum absolute atomic E-state index is 0.530. The van der Waals surface area contributed by atoms with Crippen molar-refractivity contribution in [2.24, 2.45) is 0 Å². The fourth-order valence-electron chi connectivity index (χ4n) is 2.83. The zero-order valence-corrected chi connectivity index (χ0v) is 10.2.